The zero-order chi connectivity index (χ0) is 26.7. The summed E-state index contributed by atoms with van der Waals surface area (Å²) in [6.45, 7) is 0. The van der Waals surface area contributed by atoms with E-state index in [2.05, 4.69) is 24.9 Å². The van der Waals surface area contributed by atoms with Gasteiger partial charge in [-0.3, -0.25) is 0 Å². The molecule has 0 bridgehead atoms. The zero-order valence-corrected chi connectivity index (χ0v) is 20.2. The number of rotatable bonds is 6. The van der Waals surface area contributed by atoms with Gasteiger partial charge in [-0.1, -0.05) is 24.3 Å². The van der Waals surface area contributed by atoms with Gasteiger partial charge in [0, 0.05) is 25.2 Å². The number of imidazole rings is 1. The van der Waals surface area contributed by atoms with E-state index >= 15 is 4.39 Å². The average molecular weight is 524 g/mol. The molecule has 5 aromatic rings. The Labute approximate surface area is 213 Å². The molecule has 1 saturated carbocycles. The Bertz CT molecular complexity index is 1650. The molecule has 0 saturated heterocycles. The number of benzene rings is 1. The van der Waals surface area contributed by atoms with Gasteiger partial charge in [0.15, 0.2) is 17.1 Å². The van der Waals surface area contributed by atoms with Crippen molar-refractivity contribution in [1.82, 2.24) is 39.3 Å². The first kappa shape index (κ1) is 23.9. The molecule has 0 radical (unpaired) electrons. The lowest BCUT2D eigenvalue weighted by atomic mass is 10.1. The Morgan fingerprint density at radius 3 is 2.47 bits per heavy atom. The summed E-state index contributed by atoms with van der Waals surface area (Å²) in [6.07, 6.45) is 1.71. The molecule has 1 aliphatic carbocycles. The molecule has 4 aromatic heterocycles. The van der Waals surface area contributed by atoms with E-state index in [0.717, 1.165) is 11.8 Å². The van der Waals surface area contributed by atoms with Gasteiger partial charge in [0.1, 0.15) is 35.2 Å². The molecule has 194 valence electrons. The van der Waals surface area contributed by atoms with E-state index in [4.69, 9.17) is 9.84 Å². The topological polar surface area (TPSA) is 96.4 Å². The molecule has 6 rings (SSSR count). The van der Waals surface area contributed by atoms with Crippen LogP contribution in [0.2, 0.25) is 0 Å². The van der Waals surface area contributed by atoms with Crippen LogP contribution in [-0.2, 0) is 25.3 Å². The summed E-state index contributed by atoms with van der Waals surface area (Å²) in [4.78, 5) is 20.6. The Hall–Kier alpha value is -4.42. The summed E-state index contributed by atoms with van der Waals surface area (Å²) in [5.41, 5.74) is 1.03. The number of fused-ring (bicyclic) bond motifs is 1. The van der Waals surface area contributed by atoms with Crippen molar-refractivity contribution < 1.29 is 22.3 Å². The predicted octanol–water partition coefficient (Wildman–Crippen LogP) is 4.58. The second-order valence-corrected chi connectivity index (χ2v) is 9.09. The molecule has 9 nitrogen and oxygen atoms in total. The molecule has 0 aliphatic heterocycles. The fourth-order valence-electron chi connectivity index (χ4n) is 4.42. The number of ether oxygens (including phenoxy) is 1. The van der Waals surface area contributed by atoms with Gasteiger partial charge in [0.25, 0.3) is 0 Å². The van der Waals surface area contributed by atoms with Crippen LogP contribution in [0.3, 0.4) is 0 Å². The number of halogens is 4. The third kappa shape index (κ3) is 4.03. The molecule has 0 spiro atoms. The number of aromatic nitrogens is 8. The number of hydrogen-bond acceptors (Lipinski definition) is 7. The van der Waals surface area contributed by atoms with Gasteiger partial charge in [-0.05, 0) is 18.4 Å². The molecular formula is C25H20F4N8O. The quantitative estimate of drug-likeness (QED) is 0.300. The minimum atomic E-state index is -4.52. The van der Waals surface area contributed by atoms with Crippen LogP contribution in [-0.4, -0.2) is 46.4 Å². The summed E-state index contributed by atoms with van der Waals surface area (Å²) in [5.74, 6) is 0.381. The number of aryl methyl sites for hydroxylation is 1. The SMILES string of the molecule is COc1ncnc(C2(F)CC2)c1-n1nc(Cc2ccc(-c3nc(C(F)(F)F)cn3C)cc2)c2ncncc21. The van der Waals surface area contributed by atoms with Crippen LogP contribution in [0.25, 0.3) is 28.1 Å². The number of alkyl halides is 4. The Morgan fingerprint density at radius 1 is 1.05 bits per heavy atom. The van der Waals surface area contributed by atoms with Crippen molar-refractivity contribution in [1.29, 1.82) is 0 Å². The van der Waals surface area contributed by atoms with E-state index in [9.17, 15) is 13.2 Å². The molecule has 1 aromatic carbocycles. The maximum absolute atomic E-state index is 15.2. The summed E-state index contributed by atoms with van der Waals surface area (Å²) in [5, 5.41) is 4.74. The predicted molar refractivity (Wildman–Crippen MR) is 127 cm³/mol. The van der Waals surface area contributed by atoms with Crippen molar-refractivity contribution in [2.45, 2.75) is 31.1 Å². The highest BCUT2D eigenvalue weighted by Gasteiger charge is 2.49. The summed E-state index contributed by atoms with van der Waals surface area (Å²) < 4.78 is 62.7. The first-order chi connectivity index (χ1) is 18.2. The van der Waals surface area contributed by atoms with Crippen LogP contribution < -0.4 is 4.74 Å². The van der Waals surface area contributed by atoms with E-state index in [1.807, 2.05) is 0 Å². The summed E-state index contributed by atoms with van der Waals surface area (Å²) >= 11 is 0. The highest BCUT2D eigenvalue weighted by molar-refractivity contribution is 5.79. The Balaban J connectivity index is 1.38. The van der Waals surface area contributed by atoms with Gasteiger partial charge >= 0.3 is 6.18 Å². The first-order valence-corrected chi connectivity index (χ1v) is 11.6. The Kier molecular flexibility index (Phi) is 5.40. The fraction of sp³-hybridized carbons (Fsp3) is 0.280. The molecule has 0 unspecified atom stereocenters. The van der Waals surface area contributed by atoms with Gasteiger partial charge < -0.3 is 9.30 Å². The van der Waals surface area contributed by atoms with Crippen LogP contribution in [0.15, 0.2) is 49.3 Å². The smallest absolute Gasteiger partial charge is 0.434 e. The monoisotopic (exact) mass is 524 g/mol. The molecule has 38 heavy (non-hydrogen) atoms. The molecule has 0 N–H and O–H groups in total. The van der Waals surface area contributed by atoms with E-state index in [0.29, 0.717) is 47.2 Å². The second-order valence-electron chi connectivity index (χ2n) is 9.09. The lowest BCUT2D eigenvalue weighted by Crippen LogP contribution is -2.13. The second kappa shape index (κ2) is 8.57. The van der Waals surface area contributed by atoms with Gasteiger partial charge in [0.05, 0.1) is 19.0 Å². The van der Waals surface area contributed by atoms with Gasteiger partial charge in [-0.15, -0.1) is 0 Å². The third-order valence-corrected chi connectivity index (χ3v) is 6.47. The van der Waals surface area contributed by atoms with E-state index in [-0.39, 0.29) is 17.4 Å². The Morgan fingerprint density at radius 2 is 1.82 bits per heavy atom. The van der Waals surface area contributed by atoms with E-state index < -0.39 is 17.5 Å². The molecular weight excluding hydrogens is 504 g/mol. The normalized spacial score (nSPS) is 14.7. The third-order valence-electron chi connectivity index (χ3n) is 6.47. The highest BCUT2D eigenvalue weighted by Crippen LogP contribution is 2.51. The lowest BCUT2D eigenvalue weighted by molar-refractivity contribution is -0.140. The maximum atomic E-state index is 15.2. The maximum Gasteiger partial charge on any atom is 0.434 e. The van der Waals surface area contributed by atoms with Crippen molar-refractivity contribution in [3.05, 3.63) is 72.0 Å². The first-order valence-electron chi connectivity index (χ1n) is 11.6. The molecule has 4 heterocycles. The average Bonchev–Trinajstić information content (AvgIpc) is 3.37. The van der Waals surface area contributed by atoms with Crippen molar-refractivity contribution in [3.8, 4) is 23.0 Å². The van der Waals surface area contributed by atoms with Crippen LogP contribution >= 0.6 is 0 Å². The largest absolute Gasteiger partial charge is 0.479 e. The highest BCUT2D eigenvalue weighted by atomic mass is 19.4. The van der Waals surface area contributed by atoms with Crippen molar-refractivity contribution in [2.75, 3.05) is 7.11 Å². The van der Waals surface area contributed by atoms with Gasteiger partial charge in [-0.25, -0.2) is 29.0 Å². The number of nitrogens with zero attached hydrogens (tertiary/aromatic N) is 8. The standard InChI is InChI=1S/C25H20F4N8O/c1-36-11-18(25(27,28)29)34-22(36)15-5-3-14(4-6-15)9-16-19-17(10-30-12-31-19)37(35-16)20-21(24(26)7-8-24)32-13-33-23(20)38-2/h3-6,10-13H,7-9H2,1-2H3. The number of methoxy groups -OCH3 is 1. The minimum absolute atomic E-state index is 0.177. The molecule has 1 aliphatic rings. The molecule has 1 fully saturated rings. The van der Waals surface area contributed by atoms with Gasteiger partial charge in [-0.2, -0.15) is 23.3 Å². The van der Waals surface area contributed by atoms with Crippen LogP contribution in [0.4, 0.5) is 17.6 Å². The van der Waals surface area contributed by atoms with E-state index in [1.54, 1.807) is 30.5 Å². The van der Waals surface area contributed by atoms with Crippen LogP contribution in [0, 0.1) is 0 Å². The van der Waals surface area contributed by atoms with Gasteiger partial charge in [0.2, 0.25) is 5.88 Å². The molecule has 0 amide bonds. The van der Waals surface area contributed by atoms with E-state index in [1.165, 1.54) is 36.1 Å². The van der Waals surface area contributed by atoms with Crippen molar-refractivity contribution >= 4 is 11.0 Å². The number of hydrogen-bond donors (Lipinski definition) is 0. The zero-order valence-electron chi connectivity index (χ0n) is 20.2. The lowest BCUT2D eigenvalue weighted by Gasteiger charge is -2.14. The summed E-state index contributed by atoms with van der Waals surface area (Å²) in [6, 6.07) is 7.00. The molecule has 13 heteroatoms. The fourth-order valence-corrected chi connectivity index (χ4v) is 4.42. The minimum Gasteiger partial charge on any atom is -0.479 e. The van der Waals surface area contributed by atoms with Crippen molar-refractivity contribution in [3.63, 3.8) is 0 Å². The van der Waals surface area contributed by atoms with Crippen molar-refractivity contribution in [2.24, 2.45) is 7.05 Å². The van der Waals surface area contributed by atoms with Crippen LogP contribution in [0.1, 0.15) is 35.5 Å². The van der Waals surface area contributed by atoms with Crippen LogP contribution in [0.5, 0.6) is 5.88 Å². The summed E-state index contributed by atoms with van der Waals surface area (Å²) in [7, 11) is 2.96. The molecule has 0 atom stereocenters.